The first-order chi connectivity index (χ1) is 9.11. The summed E-state index contributed by atoms with van der Waals surface area (Å²) >= 11 is 3.50. The first-order valence-corrected chi connectivity index (χ1v) is 7.47. The smallest absolute Gasteiger partial charge is 0.0579 e. The summed E-state index contributed by atoms with van der Waals surface area (Å²) in [4.78, 5) is 0. The lowest BCUT2D eigenvalue weighted by molar-refractivity contribution is 0.627. The van der Waals surface area contributed by atoms with Gasteiger partial charge in [0.2, 0.25) is 0 Å². The predicted octanol–water partition coefficient (Wildman–Crippen LogP) is 4.76. The molecule has 2 heteroatoms. The molecular formula is C17H20BrN. The van der Waals surface area contributed by atoms with Crippen LogP contribution in [0.4, 0.5) is 0 Å². The molecule has 2 aromatic carbocycles. The van der Waals surface area contributed by atoms with Gasteiger partial charge in [-0.3, -0.25) is 0 Å². The highest BCUT2D eigenvalue weighted by molar-refractivity contribution is 9.10. The van der Waals surface area contributed by atoms with E-state index in [9.17, 15) is 0 Å². The molecule has 0 radical (unpaired) electrons. The number of hydrogen-bond acceptors (Lipinski definition) is 1. The van der Waals surface area contributed by atoms with Gasteiger partial charge in [-0.1, -0.05) is 58.7 Å². The topological polar surface area (TPSA) is 12.0 Å². The number of hydrogen-bond donors (Lipinski definition) is 1. The Morgan fingerprint density at radius 2 is 1.74 bits per heavy atom. The zero-order valence-electron chi connectivity index (χ0n) is 11.7. The molecule has 19 heavy (non-hydrogen) atoms. The molecule has 100 valence electrons. The van der Waals surface area contributed by atoms with E-state index in [4.69, 9.17) is 0 Å². The van der Waals surface area contributed by atoms with Crippen molar-refractivity contribution in [3.63, 3.8) is 0 Å². The van der Waals surface area contributed by atoms with Crippen LogP contribution in [-0.2, 0) is 0 Å². The Kier molecular flexibility index (Phi) is 4.78. The third kappa shape index (κ3) is 3.46. The van der Waals surface area contributed by atoms with Gasteiger partial charge in [0.25, 0.3) is 0 Å². The van der Waals surface area contributed by atoms with Gasteiger partial charge < -0.3 is 5.32 Å². The minimum atomic E-state index is 0.262. The molecule has 0 aliphatic rings. The maximum Gasteiger partial charge on any atom is 0.0579 e. The SMILES string of the molecule is CCNC(c1ccc(Br)cc1)c1cc(C)ccc1C. The van der Waals surface area contributed by atoms with Crippen molar-refractivity contribution in [1.29, 1.82) is 0 Å². The molecule has 0 spiro atoms. The van der Waals surface area contributed by atoms with E-state index in [1.165, 1.54) is 22.3 Å². The van der Waals surface area contributed by atoms with E-state index >= 15 is 0 Å². The number of benzene rings is 2. The van der Waals surface area contributed by atoms with Gasteiger partial charge in [0.05, 0.1) is 6.04 Å². The predicted molar refractivity (Wildman–Crippen MR) is 85.6 cm³/mol. The van der Waals surface area contributed by atoms with Crippen LogP contribution in [0.15, 0.2) is 46.9 Å². The van der Waals surface area contributed by atoms with Crippen LogP contribution in [0.1, 0.15) is 35.2 Å². The highest BCUT2D eigenvalue weighted by Crippen LogP contribution is 2.26. The summed E-state index contributed by atoms with van der Waals surface area (Å²) in [5.41, 5.74) is 5.31. The normalized spacial score (nSPS) is 12.4. The molecule has 0 amide bonds. The fourth-order valence-corrected chi connectivity index (χ4v) is 2.60. The Bertz CT molecular complexity index is 546. The Labute approximate surface area is 124 Å². The van der Waals surface area contributed by atoms with Gasteiger partial charge in [0.1, 0.15) is 0 Å². The number of nitrogens with one attached hydrogen (secondary N) is 1. The highest BCUT2D eigenvalue weighted by atomic mass is 79.9. The monoisotopic (exact) mass is 317 g/mol. The van der Waals surface area contributed by atoms with Crippen LogP contribution in [0, 0.1) is 13.8 Å². The summed E-state index contributed by atoms with van der Waals surface area (Å²) < 4.78 is 1.12. The Morgan fingerprint density at radius 3 is 2.37 bits per heavy atom. The fraction of sp³-hybridized carbons (Fsp3) is 0.294. The van der Waals surface area contributed by atoms with Gasteiger partial charge >= 0.3 is 0 Å². The van der Waals surface area contributed by atoms with Crippen LogP contribution in [0.25, 0.3) is 0 Å². The molecular weight excluding hydrogens is 298 g/mol. The van der Waals surface area contributed by atoms with Crippen molar-refractivity contribution < 1.29 is 0 Å². The third-order valence-electron chi connectivity index (χ3n) is 3.36. The second-order valence-electron chi connectivity index (χ2n) is 4.90. The van der Waals surface area contributed by atoms with Gasteiger partial charge in [0.15, 0.2) is 0 Å². The maximum atomic E-state index is 3.59. The first kappa shape index (κ1) is 14.3. The van der Waals surface area contributed by atoms with Crippen LogP contribution in [0.2, 0.25) is 0 Å². The minimum Gasteiger partial charge on any atom is -0.307 e. The largest absolute Gasteiger partial charge is 0.307 e. The van der Waals surface area contributed by atoms with E-state index in [0.717, 1.165) is 11.0 Å². The summed E-state index contributed by atoms with van der Waals surface area (Å²) in [6, 6.07) is 15.5. The average Bonchev–Trinajstić information content (AvgIpc) is 2.40. The molecule has 0 saturated heterocycles. The second kappa shape index (κ2) is 6.36. The molecule has 1 nitrogen and oxygen atoms in total. The van der Waals surface area contributed by atoms with Crippen LogP contribution in [0.5, 0.6) is 0 Å². The lowest BCUT2D eigenvalue weighted by atomic mass is 9.93. The van der Waals surface area contributed by atoms with Crippen molar-refractivity contribution in [2.75, 3.05) is 6.54 Å². The number of rotatable bonds is 4. The molecule has 2 rings (SSSR count). The zero-order chi connectivity index (χ0) is 13.8. The van der Waals surface area contributed by atoms with E-state index in [1.807, 2.05) is 0 Å². The van der Waals surface area contributed by atoms with E-state index in [0.29, 0.717) is 0 Å². The first-order valence-electron chi connectivity index (χ1n) is 6.68. The molecule has 0 heterocycles. The van der Waals surface area contributed by atoms with Crippen molar-refractivity contribution in [2.45, 2.75) is 26.8 Å². The van der Waals surface area contributed by atoms with Crippen LogP contribution < -0.4 is 5.32 Å². The van der Waals surface area contributed by atoms with E-state index in [2.05, 4.69) is 84.5 Å². The van der Waals surface area contributed by atoms with Crippen molar-refractivity contribution in [3.05, 3.63) is 69.2 Å². The highest BCUT2D eigenvalue weighted by Gasteiger charge is 2.15. The van der Waals surface area contributed by atoms with Crippen molar-refractivity contribution in [1.82, 2.24) is 5.32 Å². The molecule has 0 aromatic heterocycles. The van der Waals surface area contributed by atoms with Gasteiger partial charge in [-0.15, -0.1) is 0 Å². The molecule has 0 fully saturated rings. The molecule has 0 aliphatic carbocycles. The lowest BCUT2D eigenvalue weighted by Crippen LogP contribution is -2.22. The van der Waals surface area contributed by atoms with Gasteiger partial charge in [0, 0.05) is 4.47 Å². The molecule has 1 unspecified atom stereocenters. The van der Waals surface area contributed by atoms with Crippen molar-refractivity contribution in [2.24, 2.45) is 0 Å². The Hall–Kier alpha value is -1.12. The van der Waals surface area contributed by atoms with Crippen LogP contribution in [0.3, 0.4) is 0 Å². The summed E-state index contributed by atoms with van der Waals surface area (Å²) in [6.45, 7) is 7.43. The second-order valence-corrected chi connectivity index (χ2v) is 5.82. The lowest BCUT2D eigenvalue weighted by Gasteiger charge is -2.21. The van der Waals surface area contributed by atoms with E-state index in [-0.39, 0.29) is 6.04 Å². The molecule has 1 N–H and O–H groups in total. The van der Waals surface area contributed by atoms with Gasteiger partial charge in [-0.25, -0.2) is 0 Å². The summed E-state index contributed by atoms with van der Waals surface area (Å²) in [5, 5.41) is 3.59. The maximum absolute atomic E-state index is 3.59. The van der Waals surface area contributed by atoms with Crippen LogP contribution in [-0.4, -0.2) is 6.54 Å². The average molecular weight is 318 g/mol. The summed E-state index contributed by atoms with van der Waals surface area (Å²) in [6.07, 6.45) is 0. The fourth-order valence-electron chi connectivity index (χ4n) is 2.34. The standard InChI is InChI=1S/C17H20BrN/c1-4-19-17(14-7-9-15(18)10-8-14)16-11-12(2)5-6-13(16)3/h5-11,17,19H,4H2,1-3H3. The Morgan fingerprint density at radius 1 is 1.05 bits per heavy atom. The summed E-state index contributed by atoms with van der Waals surface area (Å²) in [5.74, 6) is 0. The van der Waals surface area contributed by atoms with Crippen LogP contribution >= 0.6 is 15.9 Å². The zero-order valence-corrected chi connectivity index (χ0v) is 13.3. The number of aryl methyl sites for hydroxylation is 2. The Balaban J connectivity index is 2.44. The quantitative estimate of drug-likeness (QED) is 0.856. The van der Waals surface area contributed by atoms with E-state index in [1.54, 1.807) is 0 Å². The van der Waals surface area contributed by atoms with Crippen molar-refractivity contribution in [3.8, 4) is 0 Å². The third-order valence-corrected chi connectivity index (χ3v) is 3.89. The van der Waals surface area contributed by atoms with Crippen molar-refractivity contribution >= 4 is 15.9 Å². The van der Waals surface area contributed by atoms with E-state index < -0.39 is 0 Å². The summed E-state index contributed by atoms with van der Waals surface area (Å²) in [7, 11) is 0. The molecule has 1 atom stereocenters. The minimum absolute atomic E-state index is 0.262. The molecule has 0 bridgehead atoms. The molecule has 0 aliphatic heterocycles. The van der Waals surface area contributed by atoms with Gasteiger partial charge in [-0.05, 0) is 49.2 Å². The van der Waals surface area contributed by atoms with Gasteiger partial charge in [-0.2, -0.15) is 0 Å². The molecule has 2 aromatic rings. The molecule has 0 saturated carbocycles. The number of halogens is 1.